The number of nitrogens with one attached hydrogen (secondary N) is 3. The van der Waals surface area contributed by atoms with Crippen molar-refractivity contribution >= 4 is 35.1 Å². The van der Waals surface area contributed by atoms with Crippen LogP contribution in [0.25, 0.3) is 11.6 Å². The molecule has 0 spiro atoms. The Hall–Kier alpha value is -3.50. The number of hydrogen-bond acceptors (Lipinski definition) is 6. The zero-order chi connectivity index (χ0) is 24.3. The first kappa shape index (κ1) is 24.1. The maximum Gasteiger partial charge on any atom is 0.256 e. The second kappa shape index (κ2) is 9.97. The molecule has 10 heteroatoms. The maximum atomic E-state index is 13.7. The van der Waals surface area contributed by atoms with E-state index in [2.05, 4.69) is 15.6 Å². The summed E-state index contributed by atoms with van der Waals surface area (Å²) in [5, 5.41) is 35.3. The van der Waals surface area contributed by atoms with E-state index >= 15 is 0 Å². The van der Waals surface area contributed by atoms with E-state index in [0.29, 0.717) is 33.8 Å². The molecule has 2 amide bonds. The third-order valence-corrected chi connectivity index (χ3v) is 5.47. The summed E-state index contributed by atoms with van der Waals surface area (Å²) < 4.78 is 13.7. The number of carboxylic acid groups (broad SMARTS) is 1. The molecular weight excluding hydrogens is 433 g/mol. The fourth-order valence-electron chi connectivity index (χ4n) is 3.86. The highest BCUT2D eigenvalue weighted by Gasteiger charge is 2.26. The summed E-state index contributed by atoms with van der Waals surface area (Å²) in [6.45, 7) is 3.53. The van der Waals surface area contributed by atoms with Crippen LogP contribution in [0, 0.1) is 19.7 Å². The van der Waals surface area contributed by atoms with Crippen LogP contribution in [-0.2, 0) is 9.59 Å². The molecule has 0 saturated heterocycles. The Bertz CT molecular complexity index is 1120. The molecule has 2 atom stereocenters. The molecule has 33 heavy (non-hydrogen) atoms. The molecule has 176 valence electrons. The van der Waals surface area contributed by atoms with Crippen molar-refractivity contribution in [1.29, 1.82) is 0 Å². The number of carbonyl (C=O) groups is 3. The van der Waals surface area contributed by atoms with Crippen LogP contribution in [0.2, 0.25) is 0 Å². The molecule has 1 aliphatic rings. The Kier molecular flexibility index (Phi) is 7.29. The first-order chi connectivity index (χ1) is 15.6. The van der Waals surface area contributed by atoms with Gasteiger partial charge in [0.1, 0.15) is 5.82 Å². The van der Waals surface area contributed by atoms with E-state index in [1.54, 1.807) is 19.9 Å². The number of aliphatic hydroxyl groups is 2. The fourth-order valence-corrected chi connectivity index (χ4v) is 3.86. The molecule has 2 aromatic rings. The third-order valence-electron chi connectivity index (χ3n) is 5.47. The SMILES string of the molecule is Cc1[nH]c(/C=C2\C(=O)Nc3ccc(F)cc32)c(C)c1C(=O)NCC[C@@H](O)C[C@@H](O)CC(=O)[O-]. The van der Waals surface area contributed by atoms with Gasteiger partial charge in [-0.25, -0.2) is 4.39 Å². The third kappa shape index (κ3) is 5.65. The Balaban J connectivity index is 1.68. The van der Waals surface area contributed by atoms with E-state index in [1.165, 1.54) is 18.2 Å². The van der Waals surface area contributed by atoms with Crippen LogP contribution < -0.4 is 15.7 Å². The molecule has 1 aromatic carbocycles. The molecular formula is C23H25FN3O6-. The normalized spacial score (nSPS) is 15.8. The largest absolute Gasteiger partial charge is 0.550 e. The molecule has 1 aromatic heterocycles. The molecule has 5 N–H and O–H groups in total. The molecule has 0 fully saturated rings. The number of anilines is 1. The van der Waals surface area contributed by atoms with Gasteiger partial charge in [-0.1, -0.05) is 0 Å². The number of carbonyl (C=O) groups excluding carboxylic acids is 3. The first-order valence-corrected chi connectivity index (χ1v) is 10.4. The number of aliphatic carboxylic acids is 1. The monoisotopic (exact) mass is 458 g/mol. The standard InChI is InChI=1S/C23H26FN3O6/c1-11-19(10-17-16-7-13(24)3-4-18(16)27-22(17)32)26-12(2)21(11)23(33)25-6-5-14(28)8-15(29)9-20(30)31/h3-4,7,10,14-15,26,28-29H,5-6,8-9H2,1-2H3,(H,25,33)(H,27,32)(H,30,31)/p-1/b17-10-/t14-,15-/m1/s1. The molecule has 0 unspecified atom stereocenters. The van der Waals surface area contributed by atoms with Crippen LogP contribution in [0.1, 0.15) is 52.1 Å². The minimum absolute atomic E-state index is 0.105. The number of amides is 2. The zero-order valence-corrected chi connectivity index (χ0v) is 18.2. The van der Waals surface area contributed by atoms with Gasteiger partial charge in [-0.05, 0) is 56.5 Å². The highest BCUT2D eigenvalue weighted by Crippen LogP contribution is 2.34. The molecule has 0 saturated carbocycles. The van der Waals surface area contributed by atoms with Crippen LogP contribution in [-0.4, -0.2) is 51.7 Å². The van der Waals surface area contributed by atoms with Gasteiger partial charge in [0.05, 0.1) is 23.3 Å². The van der Waals surface area contributed by atoms with Crippen molar-refractivity contribution in [3.05, 3.63) is 52.1 Å². The van der Waals surface area contributed by atoms with Crippen LogP contribution in [0.4, 0.5) is 10.1 Å². The maximum absolute atomic E-state index is 13.7. The van der Waals surface area contributed by atoms with Crippen LogP contribution in [0.5, 0.6) is 0 Å². The summed E-state index contributed by atoms with van der Waals surface area (Å²) in [5.74, 6) is -2.64. The number of H-pyrrole nitrogens is 1. The smallest absolute Gasteiger partial charge is 0.256 e. The number of fused-ring (bicyclic) bond motifs is 1. The van der Waals surface area contributed by atoms with Gasteiger partial charge < -0.3 is 35.7 Å². The van der Waals surface area contributed by atoms with Crippen molar-refractivity contribution in [1.82, 2.24) is 10.3 Å². The average Bonchev–Trinajstić information content (AvgIpc) is 3.16. The van der Waals surface area contributed by atoms with Crippen LogP contribution in [0.15, 0.2) is 18.2 Å². The highest BCUT2D eigenvalue weighted by atomic mass is 19.1. The topological polar surface area (TPSA) is 155 Å². The van der Waals surface area contributed by atoms with Gasteiger partial charge in [0.25, 0.3) is 11.8 Å². The van der Waals surface area contributed by atoms with Crippen molar-refractivity contribution in [2.75, 3.05) is 11.9 Å². The van der Waals surface area contributed by atoms with Gasteiger partial charge in [0.15, 0.2) is 0 Å². The summed E-state index contributed by atoms with van der Waals surface area (Å²) in [6.07, 6.45) is -1.24. The molecule has 0 bridgehead atoms. The fraction of sp³-hybridized carbons (Fsp3) is 0.348. The lowest BCUT2D eigenvalue weighted by Crippen LogP contribution is -2.31. The molecule has 3 rings (SSSR count). The summed E-state index contributed by atoms with van der Waals surface area (Å²) >= 11 is 0. The van der Waals surface area contributed by atoms with E-state index in [9.17, 15) is 34.1 Å². The van der Waals surface area contributed by atoms with Crippen LogP contribution >= 0.6 is 0 Å². The first-order valence-electron chi connectivity index (χ1n) is 10.4. The number of aromatic amines is 1. The van der Waals surface area contributed by atoms with Crippen LogP contribution in [0.3, 0.4) is 0 Å². The summed E-state index contributed by atoms with van der Waals surface area (Å²) in [4.78, 5) is 38.6. The lowest BCUT2D eigenvalue weighted by Gasteiger charge is -2.16. The van der Waals surface area contributed by atoms with E-state index in [1.807, 2.05) is 0 Å². The van der Waals surface area contributed by atoms with E-state index < -0.39 is 36.3 Å². The van der Waals surface area contributed by atoms with E-state index in [4.69, 9.17) is 0 Å². The molecule has 0 radical (unpaired) electrons. The molecule has 1 aliphatic heterocycles. The molecule has 2 heterocycles. The van der Waals surface area contributed by atoms with E-state index in [-0.39, 0.29) is 30.9 Å². The predicted octanol–water partition coefficient (Wildman–Crippen LogP) is 0.635. The van der Waals surface area contributed by atoms with Gasteiger partial charge in [0.2, 0.25) is 0 Å². The Morgan fingerprint density at radius 2 is 1.97 bits per heavy atom. The number of aromatic nitrogens is 1. The van der Waals surface area contributed by atoms with Crippen molar-refractivity contribution in [2.24, 2.45) is 0 Å². The Morgan fingerprint density at radius 3 is 2.67 bits per heavy atom. The predicted molar refractivity (Wildman–Crippen MR) is 116 cm³/mol. The zero-order valence-electron chi connectivity index (χ0n) is 18.2. The second-order valence-electron chi connectivity index (χ2n) is 8.03. The van der Waals surface area contributed by atoms with Gasteiger partial charge >= 0.3 is 0 Å². The lowest BCUT2D eigenvalue weighted by atomic mass is 10.0. The summed E-state index contributed by atoms with van der Waals surface area (Å²) in [5.41, 5.74) is 3.30. The van der Waals surface area contributed by atoms with Gasteiger partial charge in [-0.3, -0.25) is 9.59 Å². The van der Waals surface area contributed by atoms with Gasteiger partial charge in [-0.2, -0.15) is 0 Å². The van der Waals surface area contributed by atoms with Gasteiger partial charge in [0, 0.05) is 41.6 Å². The quantitative estimate of drug-likeness (QED) is 0.347. The second-order valence-corrected chi connectivity index (χ2v) is 8.03. The number of hydrogen-bond donors (Lipinski definition) is 5. The summed E-state index contributed by atoms with van der Waals surface area (Å²) in [7, 11) is 0. The van der Waals surface area contributed by atoms with Crippen molar-refractivity contribution in [2.45, 2.75) is 45.3 Å². The minimum atomic E-state index is -1.41. The van der Waals surface area contributed by atoms with Crippen molar-refractivity contribution < 1.29 is 34.1 Å². The highest BCUT2D eigenvalue weighted by molar-refractivity contribution is 6.34. The molecule has 9 nitrogen and oxygen atoms in total. The number of rotatable bonds is 9. The minimum Gasteiger partial charge on any atom is -0.550 e. The number of halogens is 1. The Morgan fingerprint density at radius 1 is 1.24 bits per heavy atom. The van der Waals surface area contributed by atoms with Crippen molar-refractivity contribution in [3.63, 3.8) is 0 Å². The molecule has 0 aliphatic carbocycles. The van der Waals surface area contributed by atoms with Gasteiger partial charge in [-0.15, -0.1) is 0 Å². The lowest BCUT2D eigenvalue weighted by molar-refractivity contribution is -0.307. The number of aliphatic hydroxyl groups excluding tert-OH is 2. The summed E-state index contributed by atoms with van der Waals surface area (Å²) in [6, 6.07) is 4.02. The number of carboxylic acids is 1. The van der Waals surface area contributed by atoms with E-state index in [0.717, 1.165) is 0 Å². The Labute approximate surface area is 189 Å². The van der Waals surface area contributed by atoms with Crippen molar-refractivity contribution in [3.8, 4) is 0 Å². The number of benzene rings is 1. The average molecular weight is 458 g/mol. The number of aryl methyl sites for hydroxylation is 1.